The van der Waals surface area contributed by atoms with Gasteiger partial charge in [0.25, 0.3) is 0 Å². The van der Waals surface area contributed by atoms with Crippen LogP contribution in [0.25, 0.3) is 0 Å². The van der Waals surface area contributed by atoms with Crippen molar-refractivity contribution in [2.75, 3.05) is 7.11 Å². The second-order valence-corrected chi connectivity index (χ2v) is 21.9. The number of hydrogen-bond acceptors (Lipinski definition) is 4. The Kier molecular flexibility index (Phi) is 23.8. The van der Waals surface area contributed by atoms with Crippen LogP contribution in [0, 0.1) is 11.8 Å². The van der Waals surface area contributed by atoms with Gasteiger partial charge < -0.3 is 13.6 Å². The first-order valence-corrected chi connectivity index (χ1v) is 22.4. The molecule has 0 unspecified atom stereocenters. The highest BCUT2D eigenvalue weighted by Crippen LogP contribution is 2.32. The number of methoxy groups -OCH3 is 1. The predicted octanol–water partition coefficient (Wildman–Crippen LogP) is 10.4. The molecule has 7 heteroatoms. The van der Waals surface area contributed by atoms with Gasteiger partial charge in [-0.2, -0.15) is 0 Å². The van der Waals surface area contributed by atoms with Crippen LogP contribution in [0.4, 0.5) is 0 Å². The van der Waals surface area contributed by atoms with Gasteiger partial charge in [0.2, 0.25) is 0 Å². The van der Waals surface area contributed by atoms with Crippen LogP contribution in [0.5, 0.6) is 0 Å². The lowest BCUT2D eigenvalue weighted by Gasteiger charge is -2.38. The van der Waals surface area contributed by atoms with Crippen molar-refractivity contribution in [3.63, 3.8) is 0 Å². The fraction of sp³-hybridized carbons (Fsp3) is 0.788. The summed E-state index contributed by atoms with van der Waals surface area (Å²) in [5.74, 6) is 6.51. The van der Waals surface area contributed by atoms with Gasteiger partial charge in [0.1, 0.15) is 0 Å². The monoisotopic (exact) mass is 704 g/mol. The molecule has 3 atom stereocenters. The molecule has 0 aromatic carbocycles. The van der Waals surface area contributed by atoms with E-state index in [1.807, 2.05) is 0 Å². The summed E-state index contributed by atoms with van der Waals surface area (Å²) < 4.78 is 19.3. The van der Waals surface area contributed by atoms with E-state index in [1.165, 1.54) is 26.4 Å². The molecule has 0 heterocycles. The highest BCUT2D eigenvalue weighted by Gasteiger charge is 2.37. The number of ether oxygens (including phenoxy) is 1. The number of hydrogen-bond donors (Lipinski definition) is 0. The van der Waals surface area contributed by atoms with Crippen LogP contribution in [-0.2, 0) is 18.4 Å². The summed E-state index contributed by atoms with van der Waals surface area (Å²) in [5, 5.41) is 0. The number of allylic oxidation sites excluding steroid dienone is 3. The molecule has 0 aromatic heterocycles. The lowest BCUT2D eigenvalue weighted by molar-refractivity contribution is -0.140. The molecule has 0 N–H and O–H groups in total. The predicted molar refractivity (Wildman–Crippen MR) is 187 cm³/mol. The van der Waals surface area contributed by atoms with E-state index < -0.39 is 16.6 Å². The highest BCUT2D eigenvalue weighted by atomic mass is 127. The van der Waals surface area contributed by atoms with Crippen LogP contribution in [0.1, 0.15) is 106 Å². The number of carbonyl (C=O) groups excluding carboxylic acids is 1. The Balaban J connectivity index is 5.88. The third-order valence-electron chi connectivity index (χ3n) is 8.42. The van der Waals surface area contributed by atoms with Crippen LogP contribution in [-0.4, -0.2) is 45.8 Å². The molecular formula is C33H61IO4Si2. The van der Waals surface area contributed by atoms with E-state index in [-0.39, 0.29) is 22.1 Å². The topological polar surface area (TPSA) is 44.8 Å². The van der Waals surface area contributed by atoms with Crippen molar-refractivity contribution >= 4 is 45.2 Å². The number of rotatable bonds is 23. The van der Waals surface area contributed by atoms with E-state index in [1.54, 1.807) is 0 Å². The van der Waals surface area contributed by atoms with E-state index in [2.05, 4.69) is 107 Å². The van der Waals surface area contributed by atoms with Crippen molar-refractivity contribution in [1.82, 2.24) is 0 Å². The summed E-state index contributed by atoms with van der Waals surface area (Å²) >= 11 is 2.57. The zero-order valence-electron chi connectivity index (χ0n) is 27.2. The van der Waals surface area contributed by atoms with Crippen molar-refractivity contribution < 1.29 is 18.4 Å². The lowest BCUT2D eigenvalue weighted by Crippen LogP contribution is -2.46. The largest absolute Gasteiger partial charge is 0.469 e. The SMILES string of the molecule is CCCCC/C=C\C=C\[C@@H](C[C@H](O[Si](CC)(CC)CC)[C@H](I)CC#CCCCC(=O)OC)O[Si](CC)(CC)CC. The average molecular weight is 705 g/mol. The Bertz CT molecular complexity index is 750. The molecule has 232 valence electrons. The van der Waals surface area contributed by atoms with Crippen LogP contribution >= 0.6 is 22.6 Å². The zero-order valence-corrected chi connectivity index (χ0v) is 31.3. The van der Waals surface area contributed by atoms with Gasteiger partial charge in [0, 0.05) is 29.6 Å². The Hall–Kier alpha value is -0.406. The Morgan fingerprint density at radius 1 is 0.825 bits per heavy atom. The van der Waals surface area contributed by atoms with Gasteiger partial charge in [-0.15, -0.1) is 11.8 Å². The van der Waals surface area contributed by atoms with Crippen molar-refractivity contribution in [3.8, 4) is 11.8 Å². The third kappa shape index (κ3) is 16.3. The molecule has 0 aromatic rings. The summed E-state index contributed by atoms with van der Waals surface area (Å²) in [6.45, 7) is 16.1. The van der Waals surface area contributed by atoms with Gasteiger partial charge >= 0.3 is 5.97 Å². The standard InChI is InChI=1S/C33H61IO4Si2/c1-9-16-17-18-19-20-23-26-30(37-39(10-2,11-3)12-4)29-32(38-40(13-5,14-6)15-7)31(34)27-24-21-22-25-28-33(35)36-8/h19-20,23,26,30-32H,9-18,22,25,27-29H2,1-8H3/b20-19-,26-23+/t30-,31+,32-/m0/s1. The summed E-state index contributed by atoms with van der Waals surface area (Å²) in [6, 6.07) is 6.84. The second-order valence-electron chi connectivity index (χ2n) is 10.8. The van der Waals surface area contributed by atoms with Gasteiger partial charge in [0.15, 0.2) is 16.6 Å². The summed E-state index contributed by atoms with van der Waals surface area (Å²) in [7, 11) is -2.17. The maximum Gasteiger partial charge on any atom is 0.305 e. The molecule has 0 fully saturated rings. The molecule has 0 rings (SSSR count). The maximum atomic E-state index is 11.4. The first-order valence-electron chi connectivity index (χ1n) is 16.1. The Morgan fingerprint density at radius 2 is 1.43 bits per heavy atom. The minimum atomic E-state index is -1.81. The third-order valence-corrected chi connectivity index (χ3v) is 19.0. The molecule has 0 aliphatic heterocycles. The Labute approximate surface area is 264 Å². The van der Waals surface area contributed by atoms with Crippen molar-refractivity contribution in [3.05, 3.63) is 24.3 Å². The van der Waals surface area contributed by atoms with E-state index in [9.17, 15) is 4.79 Å². The summed E-state index contributed by atoms with van der Waals surface area (Å²) in [6.07, 6.45) is 17.7. The zero-order chi connectivity index (χ0) is 30.3. The molecule has 0 aliphatic carbocycles. The van der Waals surface area contributed by atoms with Gasteiger partial charge in [-0.1, -0.05) is 108 Å². The number of alkyl halides is 1. The lowest BCUT2D eigenvalue weighted by atomic mass is 10.1. The van der Waals surface area contributed by atoms with Crippen LogP contribution in [0.3, 0.4) is 0 Å². The number of carbonyl (C=O) groups is 1. The minimum Gasteiger partial charge on any atom is -0.469 e. The van der Waals surface area contributed by atoms with Gasteiger partial charge in [-0.05, 0) is 55.5 Å². The minimum absolute atomic E-state index is 0.0550. The van der Waals surface area contributed by atoms with E-state index in [4.69, 9.17) is 13.6 Å². The molecule has 0 bridgehead atoms. The normalized spacial score (nSPS) is 14.7. The van der Waals surface area contributed by atoms with Crippen LogP contribution < -0.4 is 0 Å². The molecule has 0 aliphatic rings. The van der Waals surface area contributed by atoms with Crippen LogP contribution in [0.2, 0.25) is 36.3 Å². The van der Waals surface area contributed by atoms with Gasteiger partial charge in [-0.25, -0.2) is 0 Å². The molecule has 0 radical (unpaired) electrons. The first-order chi connectivity index (χ1) is 19.2. The van der Waals surface area contributed by atoms with Gasteiger partial charge in [-0.3, -0.25) is 4.79 Å². The number of unbranched alkanes of at least 4 members (excludes halogenated alkanes) is 4. The molecule has 0 amide bonds. The molecule has 0 saturated carbocycles. The fourth-order valence-electron chi connectivity index (χ4n) is 4.99. The Morgan fingerprint density at radius 3 is 1.98 bits per heavy atom. The van der Waals surface area contributed by atoms with E-state index in [0.717, 1.165) is 68.4 Å². The summed E-state index contributed by atoms with van der Waals surface area (Å²) in [5.41, 5.74) is 0. The molecule has 0 spiro atoms. The highest BCUT2D eigenvalue weighted by molar-refractivity contribution is 14.1. The fourth-order valence-corrected chi connectivity index (χ4v) is 11.7. The van der Waals surface area contributed by atoms with E-state index in [0.29, 0.717) is 6.42 Å². The maximum absolute atomic E-state index is 11.4. The van der Waals surface area contributed by atoms with Crippen molar-refractivity contribution in [2.24, 2.45) is 0 Å². The van der Waals surface area contributed by atoms with Crippen molar-refractivity contribution in [2.45, 2.75) is 159 Å². The van der Waals surface area contributed by atoms with Crippen molar-refractivity contribution in [1.29, 1.82) is 0 Å². The van der Waals surface area contributed by atoms with E-state index >= 15 is 0 Å². The van der Waals surface area contributed by atoms with Crippen LogP contribution in [0.15, 0.2) is 24.3 Å². The average Bonchev–Trinajstić information content (AvgIpc) is 2.98. The van der Waals surface area contributed by atoms with Gasteiger partial charge in [0.05, 0.1) is 19.3 Å². The molecule has 40 heavy (non-hydrogen) atoms. The smallest absolute Gasteiger partial charge is 0.305 e. The number of esters is 1. The quantitative estimate of drug-likeness (QED) is 0.0202. The first kappa shape index (κ1) is 39.6. The molecule has 0 saturated heterocycles. The number of halogens is 1. The summed E-state index contributed by atoms with van der Waals surface area (Å²) in [4.78, 5) is 11.4. The molecule has 4 nitrogen and oxygen atoms in total. The second kappa shape index (κ2) is 24.1. The molecular weight excluding hydrogens is 643 g/mol.